The van der Waals surface area contributed by atoms with Gasteiger partial charge in [0.2, 0.25) is 27.7 Å². The summed E-state index contributed by atoms with van der Waals surface area (Å²) in [5.74, 6) is 1.13. The van der Waals surface area contributed by atoms with E-state index in [9.17, 15) is 8.42 Å². The summed E-state index contributed by atoms with van der Waals surface area (Å²) < 4.78 is 41.9. The Bertz CT molecular complexity index is 1240. The first-order valence-electron chi connectivity index (χ1n) is 11.0. The molecule has 34 heavy (non-hydrogen) atoms. The molecule has 0 unspecified atom stereocenters. The van der Waals surface area contributed by atoms with Gasteiger partial charge in [-0.3, -0.25) is 9.29 Å². The standard InChI is InChI=1S/C21H28N8O4S/c1-12-9-22-17(23-10-12)13(2)14(3)34(30,31)28-21-27-26-18(15-7-6-8-15)29(21)16-19(32-4)24-11-25-20(16)33-5/h9-11,13-15H,6-8H2,1-5H3,(H,27,28)/t13-,14-/m0/s1. The smallest absolute Gasteiger partial charge is 0.245 e. The molecule has 0 aromatic carbocycles. The van der Waals surface area contributed by atoms with Gasteiger partial charge in [0.15, 0.2) is 5.69 Å². The van der Waals surface area contributed by atoms with Gasteiger partial charge in [-0.25, -0.2) is 18.4 Å². The highest BCUT2D eigenvalue weighted by molar-refractivity contribution is 7.93. The number of nitrogens with one attached hydrogen (secondary N) is 1. The van der Waals surface area contributed by atoms with Crippen molar-refractivity contribution in [3.05, 3.63) is 35.9 Å². The van der Waals surface area contributed by atoms with E-state index in [0.717, 1.165) is 24.8 Å². The Morgan fingerprint density at radius 3 is 2.18 bits per heavy atom. The Balaban J connectivity index is 1.74. The third-order valence-electron chi connectivity index (χ3n) is 6.16. The first kappa shape index (κ1) is 23.8. The molecule has 1 N–H and O–H groups in total. The lowest BCUT2D eigenvalue weighted by Gasteiger charge is -2.26. The van der Waals surface area contributed by atoms with Crippen LogP contribution in [0.2, 0.25) is 0 Å². The largest absolute Gasteiger partial charge is 0.479 e. The molecule has 1 aliphatic rings. The molecule has 13 heteroatoms. The van der Waals surface area contributed by atoms with Crippen LogP contribution in [0.4, 0.5) is 5.95 Å². The molecule has 0 radical (unpaired) electrons. The molecule has 12 nitrogen and oxygen atoms in total. The van der Waals surface area contributed by atoms with Gasteiger partial charge < -0.3 is 9.47 Å². The number of aromatic nitrogens is 7. The number of methoxy groups -OCH3 is 2. The maximum atomic E-state index is 13.4. The van der Waals surface area contributed by atoms with Crippen LogP contribution in [0.25, 0.3) is 5.69 Å². The van der Waals surface area contributed by atoms with Gasteiger partial charge in [0, 0.05) is 24.2 Å². The fraction of sp³-hybridized carbons (Fsp3) is 0.524. The molecule has 0 bridgehead atoms. The maximum Gasteiger partial charge on any atom is 0.245 e. The first-order chi connectivity index (χ1) is 16.3. The Morgan fingerprint density at radius 2 is 1.65 bits per heavy atom. The lowest BCUT2D eigenvalue weighted by molar-refractivity contribution is 0.362. The van der Waals surface area contributed by atoms with Gasteiger partial charge in [-0.05, 0) is 32.3 Å². The molecule has 1 fully saturated rings. The quantitative estimate of drug-likeness (QED) is 0.476. The zero-order valence-corrected chi connectivity index (χ0v) is 20.6. The Morgan fingerprint density at radius 1 is 1.03 bits per heavy atom. The molecular weight excluding hydrogens is 460 g/mol. The van der Waals surface area contributed by atoms with Crippen molar-refractivity contribution in [1.29, 1.82) is 0 Å². The van der Waals surface area contributed by atoms with Crippen LogP contribution in [0.3, 0.4) is 0 Å². The van der Waals surface area contributed by atoms with Crippen LogP contribution in [-0.2, 0) is 10.0 Å². The summed E-state index contributed by atoms with van der Waals surface area (Å²) in [5.41, 5.74) is 1.23. The highest BCUT2D eigenvalue weighted by atomic mass is 32.2. The second-order valence-electron chi connectivity index (χ2n) is 8.35. The lowest BCUT2D eigenvalue weighted by Crippen LogP contribution is -2.31. The summed E-state index contributed by atoms with van der Waals surface area (Å²) in [4.78, 5) is 16.9. The highest BCUT2D eigenvalue weighted by Crippen LogP contribution is 2.40. The van der Waals surface area contributed by atoms with Gasteiger partial charge in [0.1, 0.15) is 18.0 Å². The molecule has 3 aromatic heterocycles. The maximum absolute atomic E-state index is 13.4. The number of sulfonamides is 1. The molecule has 1 saturated carbocycles. The molecule has 0 aliphatic heterocycles. The normalized spacial score (nSPS) is 15.9. The van der Waals surface area contributed by atoms with Gasteiger partial charge >= 0.3 is 0 Å². The minimum atomic E-state index is -3.92. The van der Waals surface area contributed by atoms with Crippen molar-refractivity contribution >= 4 is 16.0 Å². The Labute approximate surface area is 198 Å². The summed E-state index contributed by atoms with van der Waals surface area (Å²) >= 11 is 0. The van der Waals surface area contributed by atoms with Crippen LogP contribution in [0.5, 0.6) is 11.8 Å². The third kappa shape index (κ3) is 4.39. The monoisotopic (exact) mass is 488 g/mol. The van der Waals surface area contributed by atoms with E-state index in [1.165, 1.54) is 20.5 Å². The number of hydrogen-bond donors (Lipinski definition) is 1. The zero-order valence-electron chi connectivity index (χ0n) is 19.8. The zero-order chi connectivity index (χ0) is 24.5. The number of hydrogen-bond acceptors (Lipinski definition) is 10. The number of ether oxygens (including phenoxy) is 2. The van der Waals surface area contributed by atoms with E-state index in [1.807, 2.05) is 6.92 Å². The minimum absolute atomic E-state index is 0.0113. The van der Waals surface area contributed by atoms with E-state index < -0.39 is 21.2 Å². The molecule has 0 amide bonds. The van der Waals surface area contributed by atoms with Crippen molar-refractivity contribution in [2.45, 2.75) is 57.1 Å². The van der Waals surface area contributed by atoms with Gasteiger partial charge in [-0.2, -0.15) is 9.97 Å². The van der Waals surface area contributed by atoms with Crippen molar-refractivity contribution in [3.63, 3.8) is 0 Å². The average molecular weight is 489 g/mol. The van der Waals surface area contributed by atoms with Crippen LogP contribution >= 0.6 is 0 Å². The molecule has 0 saturated heterocycles. The molecule has 2 atom stereocenters. The predicted molar refractivity (Wildman–Crippen MR) is 124 cm³/mol. The molecule has 3 heterocycles. The van der Waals surface area contributed by atoms with Crippen LogP contribution in [0.1, 0.15) is 62.2 Å². The number of rotatable bonds is 9. The first-order valence-corrected chi connectivity index (χ1v) is 12.5. The highest BCUT2D eigenvalue weighted by Gasteiger charge is 2.35. The summed E-state index contributed by atoms with van der Waals surface area (Å²) in [6.07, 6.45) is 7.54. The van der Waals surface area contributed by atoms with Crippen molar-refractivity contribution in [2.75, 3.05) is 18.9 Å². The summed E-state index contributed by atoms with van der Waals surface area (Å²) in [6.45, 7) is 5.26. The van der Waals surface area contributed by atoms with Gasteiger partial charge in [0.05, 0.1) is 19.5 Å². The summed E-state index contributed by atoms with van der Waals surface area (Å²) in [6, 6.07) is 0. The number of anilines is 1. The van der Waals surface area contributed by atoms with E-state index in [1.54, 1.807) is 30.8 Å². The van der Waals surface area contributed by atoms with Crippen LogP contribution < -0.4 is 14.2 Å². The van der Waals surface area contributed by atoms with Crippen molar-refractivity contribution in [3.8, 4) is 17.4 Å². The van der Waals surface area contributed by atoms with Crippen LogP contribution in [0, 0.1) is 6.92 Å². The van der Waals surface area contributed by atoms with Crippen molar-refractivity contribution < 1.29 is 17.9 Å². The van der Waals surface area contributed by atoms with Crippen LogP contribution in [0.15, 0.2) is 18.7 Å². The Kier molecular flexibility index (Phi) is 6.64. The third-order valence-corrected chi connectivity index (χ3v) is 8.01. The van der Waals surface area contributed by atoms with E-state index >= 15 is 0 Å². The molecule has 0 spiro atoms. The molecule has 1 aliphatic carbocycles. The van der Waals surface area contributed by atoms with E-state index in [4.69, 9.17) is 9.47 Å². The number of nitrogens with zero attached hydrogens (tertiary/aromatic N) is 7. The summed E-state index contributed by atoms with van der Waals surface area (Å²) in [5, 5.41) is 7.64. The Hall–Kier alpha value is -3.35. The van der Waals surface area contributed by atoms with E-state index in [2.05, 4.69) is 34.9 Å². The predicted octanol–water partition coefficient (Wildman–Crippen LogP) is 2.37. The molecular formula is C21H28N8O4S. The molecule has 4 rings (SSSR count). The minimum Gasteiger partial charge on any atom is -0.479 e. The van der Waals surface area contributed by atoms with E-state index in [0.29, 0.717) is 17.3 Å². The average Bonchev–Trinajstić information content (AvgIpc) is 3.18. The molecule has 182 valence electrons. The second kappa shape index (κ2) is 9.49. The van der Waals surface area contributed by atoms with E-state index in [-0.39, 0.29) is 23.6 Å². The van der Waals surface area contributed by atoms with Gasteiger partial charge in [-0.1, -0.05) is 13.3 Å². The van der Waals surface area contributed by atoms with Gasteiger partial charge in [-0.15, -0.1) is 10.2 Å². The summed E-state index contributed by atoms with van der Waals surface area (Å²) in [7, 11) is -0.985. The fourth-order valence-corrected chi connectivity index (χ4v) is 4.92. The molecule has 3 aromatic rings. The SMILES string of the molecule is COc1ncnc(OC)c1-n1c(NS(=O)(=O)[C@@H](C)[C@H](C)c2ncc(C)cn2)nnc1C1CCC1. The second-order valence-corrected chi connectivity index (χ2v) is 10.4. The lowest BCUT2D eigenvalue weighted by atomic mass is 9.85. The fourth-order valence-electron chi connectivity index (χ4n) is 3.69. The van der Waals surface area contributed by atoms with Crippen molar-refractivity contribution in [2.24, 2.45) is 0 Å². The van der Waals surface area contributed by atoms with Gasteiger partial charge in [0.25, 0.3) is 0 Å². The van der Waals surface area contributed by atoms with Crippen molar-refractivity contribution in [1.82, 2.24) is 34.7 Å². The van der Waals surface area contributed by atoms with Crippen LogP contribution in [-0.4, -0.2) is 62.6 Å². The number of aryl methyl sites for hydroxylation is 1. The topological polar surface area (TPSA) is 147 Å².